The van der Waals surface area contributed by atoms with Gasteiger partial charge in [0.1, 0.15) is 5.69 Å². The molecule has 110 valence electrons. The summed E-state index contributed by atoms with van der Waals surface area (Å²) in [5.74, 6) is -0.301. The number of anilines is 1. The highest BCUT2D eigenvalue weighted by Crippen LogP contribution is 2.22. The first kappa shape index (κ1) is 14.3. The fraction of sp³-hybridized carbons (Fsp3) is 0.125. The minimum absolute atomic E-state index is 0.276. The van der Waals surface area contributed by atoms with Crippen LogP contribution in [0.25, 0.3) is 0 Å². The molecule has 0 aliphatic carbocycles. The van der Waals surface area contributed by atoms with Crippen molar-refractivity contribution in [1.82, 2.24) is 15.0 Å². The van der Waals surface area contributed by atoms with Gasteiger partial charge >= 0.3 is 0 Å². The van der Waals surface area contributed by atoms with Crippen LogP contribution < -0.4 is 5.32 Å². The topological polar surface area (TPSA) is 67.8 Å². The number of rotatable bonds is 4. The standard InChI is InChI=1S/C16H14N4OS/c1-11-4-2-3-5-12(11)8-13-9-19-16(22-13)20-15(21)14-10-17-6-7-18-14/h2-7,9-10H,8H2,1H3,(H,19,20,21). The molecule has 2 aromatic heterocycles. The first-order valence-corrected chi connectivity index (χ1v) is 7.60. The number of nitrogens with zero attached hydrogens (tertiary/aromatic N) is 3. The molecule has 3 rings (SSSR count). The van der Waals surface area contributed by atoms with E-state index in [2.05, 4.69) is 39.3 Å². The average Bonchev–Trinajstić information content (AvgIpc) is 2.97. The normalized spacial score (nSPS) is 10.4. The minimum Gasteiger partial charge on any atom is -0.296 e. The lowest BCUT2D eigenvalue weighted by molar-refractivity contribution is 0.102. The number of carbonyl (C=O) groups is 1. The van der Waals surface area contributed by atoms with Crippen LogP contribution in [0.3, 0.4) is 0 Å². The van der Waals surface area contributed by atoms with Crippen LogP contribution in [0.4, 0.5) is 5.13 Å². The molecule has 3 aromatic rings. The van der Waals surface area contributed by atoms with Gasteiger partial charge in [0, 0.05) is 29.9 Å². The van der Waals surface area contributed by atoms with Crippen molar-refractivity contribution in [2.75, 3.05) is 5.32 Å². The largest absolute Gasteiger partial charge is 0.296 e. The van der Waals surface area contributed by atoms with Crippen molar-refractivity contribution >= 4 is 22.4 Å². The number of hydrogen-bond donors (Lipinski definition) is 1. The molecular weight excluding hydrogens is 296 g/mol. The highest BCUT2D eigenvalue weighted by molar-refractivity contribution is 7.15. The number of hydrogen-bond acceptors (Lipinski definition) is 5. The third-order valence-corrected chi connectivity index (χ3v) is 4.11. The molecular formula is C16H14N4OS. The molecule has 2 heterocycles. The molecule has 0 saturated heterocycles. The molecule has 1 N–H and O–H groups in total. The third kappa shape index (κ3) is 3.35. The van der Waals surface area contributed by atoms with Gasteiger partial charge < -0.3 is 0 Å². The monoisotopic (exact) mass is 310 g/mol. The van der Waals surface area contributed by atoms with Crippen LogP contribution in [0.5, 0.6) is 0 Å². The van der Waals surface area contributed by atoms with Crippen molar-refractivity contribution in [3.63, 3.8) is 0 Å². The van der Waals surface area contributed by atoms with Gasteiger partial charge in [-0.05, 0) is 18.1 Å². The van der Waals surface area contributed by atoms with Crippen molar-refractivity contribution in [3.05, 3.63) is 70.8 Å². The smallest absolute Gasteiger partial charge is 0.277 e. The summed E-state index contributed by atoms with van der Waals surface area (Å²) < 4.78 is 0. The van der Waals surface area contributed by atoms with E-state index in [0.29, 0.717) is 5.13 Å². The van der Waals surface area contributed by atoms with Crippen LogP contribution in [0, 0.1) is 6.92 Å². The Kier molecular flexibility index (Phi) is 4.20. The summed E-state index contributed by atoms with van der Waals surface area (Å²) in [5, 5.41) is 3.31. The Morgan fingerprint density at radius 2 is 2.05 bits per heavy atom. The summed E-state index contributed by atoms with van der Waals surface area (Å²) in [5.41, 5.74) is 2.79. The zero-order valence-electron chi connectivity index (χ0n) is 12.0. The van der Waals surface area contributed by atoms with Gasteiger partial charge in [-0.3, -0.25) is 15.1 Å². The van der Waals surface area contributed by atoms with Gasteiger partial charge in [-0.2, -0.15) is 0 Å². The van der Waals surface area contributed by atoms with Crippen LogP contribution in [0.1, 0.15) is 26.5 Å². The fourth-order valence-electron chi connectivity index (χ4n) is 2.02. The van der Waals surface area contributed by atoms with Gasteiger partial charge in [-0.1, -0.05) is 24.3 Å². The number of carbonyl (C=O) groups excluding carboxylic acids is 1. The van der Waals surface area contributed by atoms with Gasteiger partial charge in [0.25, 0.3) is 5.91 Å². The molecule has 0 fully saturated rings. The van der Waals surface area contributed by atoms with Gasteiger partial charge in [-0.25, -0.2) is 9.97 Å². The first-order valence-electron chi connectivity index (χ1n) is 6.79. The molecule has 1 aromatic carbocycles. The van der Waals surface area contributed by atoms with Gasteiger partial charge in [0.15, 0.2) is 5.13 Å². The summed E-state index contributed by atoms with van der Waals surface area (Å²) in [6.07, 6.45) is 7.05. The highest BCUT2D eigenvalue weighted by atomic mass is 32.1. The molecule has 1 amide bonds. The Morgan fingerprint density at radius 1 is 1.18 bits per heavy atom. The number of thiazole rings is 1. The second kappa shape index (κ2) is 6.44. The lowest BCUT2D eigenvalue weighted by Crippen LogP contribution is -2.13. The number of aryl methyl sites for hydroxylation is 1. The van der Waals surface area contributed by atoms with Gasteiger partial charge in [-0.15, -0.1) is 11.3 Å². The van der Waals surface area contributed by atoms with Crippen molar-refractivity contribution in [2.24, 2.45) is 0 Å². The maximum atomic E-state index is 12.0. The lowest BCUT2D eigenvalue weighted by Gasteiger charge is -2.02. The molecule has 0 radical (unpaired) electrons. The summed E-state index contributed by atoms with van der Waals surface area (Å²) >= 11 is 1.47. The van der Waals surface area contributed by atoms with Gasteiger partial charge in [0.2, 0.25) is 0 Å². The van der Waals surface area contributed by atoms with Crippen molar-refractivity contribution < 1.29 is 4.79 Å². The van der Waals surface area contributed by atoms with Crippen molar-refractivity contribution in [3.8, 4) is 0 Å². The maximum absolute atomic E-state index is 12.0. The Labute approximate surface area is 132 Å². The molecule has 0 aliphatic rings. The van der Waals surface area contributed by atoms with Crippen LogP contribution in [-0.4, -0.2) is 20.9 Å². The van der Waals surface area contributed by atoms with E-state index in [1.807, 2.05) is 12.1 Å². The zero-order chi connectivity index (χ0) is 15.4. The van der Waals surface area contributed by atoms with Crippen molar-refractivity contribution in [2.45, 2.75) is 13.3 Å². The molecule has 0 atom stereocenters. The molecule has 0 saturated carbocycles. The van der Waals surface area contributed by atoms with E-state index >= 15 is 0 Å². The van der Waals surface area contributed by atoms with E-state index in [-0.39, 0.29) is 11.6 Å². The van der Waals surface area contributed by atoms with E-state index in [9.17, 15) is 4.79 Å². The zero-order valence-corrected chi connectivity index (χ0v) is 12.8. The Hall–Kier alpha value is -2.60. The third-order valence-electron chi connectivity index (χ3n) is 3.20. The number of aromatic nitrogens is 3. The van der Waals surface area contributed by atoms with Crippen LogP contribution in [-0.2, 0) is 6.42 Å². The second-order valence-corrected chi connectivity index (χ2v) is 5.89. The highest BCUT2D eigenvalue weighted by Gasteiger charge is 2.10. The maximum Gasteiger partial charge on any atom is 0.277 e. The van der Waals surface area contributed by atoms with Crippen LogP contribution in [0.2, 0.25) is 0 Å². The molecule has 0 bridgehead atoms. The second-order valence-electron chi connectivity index (χ2n) is 4.78. The molecule has 0 aliphatic heterocycles. The molecule has 6 heteroatoms. The Bertz CT molecular complexity index is 786. The molecule has 22 heavy (non-hydrogen) atoms. The lowest BCUT2D eigenvalue weighted by atomic mass is 10.1. The predicted octanol–water partition coefficient (Wildman–Crippen LogP) is 3.08. The average molecular weight is 310 g/mol. The first-order chi connectivity index (χ1) is 10.7. The summed E-state index contributed by atoms with van der Waals surface area (Å²) in [7, 11) is 0. The van der Waals surface area contributed by atoms with E-state index < -0.39 is 0 Å². The molecule has 5 nitrogen and oxygen atoms in total. The fourth-order valence-corrected chi connectivity index (χ4v) is 2.85. The minimum atomic E-state index is -0.301. The number of nitrogens with one attached hydrogen (secondary N) is 1. The van der Waals surface area contributed by atoms with E-state index in [1.54, 1.807) is 6.20 Å². The molecule has 0 spiro atoms. The summed E-state index contributed by atoms with van der Waals surface area (Å²) in [6.45, 7) is 2.09. The van der Waals surface area contributed by atoms with Crippen LogP contribution in [0.15, 0.2) is 49.1 Å². The quantitative estimate of drug-likeness (QED) is 0.804. The van der Waals surface area contributed by atoms with Gasteiger partial charge in [0.05, 0.1) is 6.20 Å². The summed E-state index contributed by atoms with van der Waals surface area (Å²) in [4.78, 5) is 25.2. The molecule has 0 unspecified atom stereocenters. The SMILES string of the molecule is Cc1ccccc1Cc1cnc(NC(=O)c2cnccn2)s1. The number of amides is 1. The predicted molar refractivity (Wildman–Crippen MR) is 86.1 cm³/mol. The van der Waals surface area contributed by atoms with E-state index in [0.717, 1.165) is 11.3 Å². The van der Waals surface area contributed by atoms with Crippen molar-refractivity contribution in [1.29, 1.82) is 0 Å². The van der Waals surface area contributed by atoms with Crippen LogP contribution >= 0.6 is 11.3 Å². The van der Waals surface area contributed by atoms with E-state index in [1.165, 1.54) is 41.1 Å². The summed E-state index contributed by atoms with van der Waals surface area (Å²) in [6, 6.07) is 8.25. The number of benzene rings is 1. The Balaban J connectivity index is 1.69. The Morgan fingerprint density at radius 3 is 2.82 bits per heavy atom. The van der Waals surface area contributed by atoms with E-state index in [4.69, 9.17) is 0 Å².